The maximum Gasteiger partial charge on any atom is 0.116 e. The molecule has 0 aliphatic heterocycles. The Balaban J connectivity index is 1.87. The fourth-order valence-corrected chi connectivity index (χ4v) is 3.22. The summed E-state index contributed by atoms with van der Waals surface area (Å²) in [6.07, 6.45) is 7.78. The van der Waals surface area contributed by atoms with Gasteiger partial charge >= 0.3 is 0 Å². The SMILES string of the molecule is CC1CCCC(N(C)CC(C)(C#N)NC2CC2)C1. The number of nitrogens with one attached hydrogen (secondary N) is 1. The molecule has 3 heteroatoms. The average Bonchev–Trinajstić information content (AvgIpc) is 3.12. The van der Waals surface area contributed by atoms with Gasteiger partial charge in [-0.25, -0.2) is 0 Å². The van der Waals surface area contributed by atoms with Gasteiger partial charge in [0.2, 0.25) is 0 Å². The normalized spacial score (nSPS) is 31.9. The molecule has 0 bridgehead atoms. The highest BCUT2D eigenvalue weighted by atomic mass is 15.2. The first-order valence-corrected chi connectivity index (χ1v) is 7.41. The van der Waals surface area contributed by atoms with Crippen molar-refractivity contribution in [3.05, 3.63) is 0 Å². The predicted molar refractivity (Wildman–Crippen MR) is 74.2 cm³/mol. The van der Waals surface area contributed by atoms with Crippen LogP contribution in [0.1, 0.15) is 52.4 Å². The van der Waals surface area contributed by atoms with Crippen molar-refractivity contribution in [2.24, 2.45) is 5.92 Å². The largest absolute Gasteiger partial charge is 0.301 e. The number of nitriles is 1. The Morgan fingerprint density at radius 2 is 2.06 bits per heavy atom. The summed E-state index contributed by atoms with van der Waals surface area (Å²) in [4.78, 5) is 2.41. The van der Waals surface area contributed by atoms with E-state index in [0.717, 1.165) is 12.5 Å². The second-order valence-electron chi connectivity index (χ2n) is 6.70. The summed E-state index contributed by atoms with van der Waals surface area (Å²) in [6.45, 7) is 5.25. The molecule has 0 aromatic rings. The molecule has 0 saturated heterocycles. The van der Waals surface area contributed by atoms with Gasteiger partial charge in [-0.1, -0.05) is 19.8 Å². The van der Waals surface area contributed by atoms with Crippen LogP contribution in [0, 0.1) is 17.2 Å². The van der Waals surface area contributed by atoms with Gasteiger partial charge in [0.25, 0.3) is 0 Å². The van der Waals surface area contributed by atoms with Gasteiger partial charge in [-0.2, -0.15) is 5.26 Å². The van der Waals surface area contributed by atoms with Gasteiger partial charge in [-0.05, 0) is 45.6 Å². The second kappa shape index (κ2) is 5.59. The third-order valence-electron chi connectivity index (χ3n) is 4.44. The summed E-state index contributed by atoms with van der Waals surface area (Å²) < 4.78 is 0. The standard InChI is InChI=1S/C15H27N3/c1-12-5-4-6-14(9-12)18(3)11-15(2,10-16)17-13-7-8-13/h12-14,17H,4-9,11H2,1-3H3. The zero-order valence-electron chi connectivity index (χ0n) is 12.1. The molecule has 18 heavy (non-hydrogen) atoms. The van der Waals surface area contributed by atoms with E-state index in [-0.39, 0.29) is 5.54 Å². The van der Waals surface area contributed by atoms with Gasteiger partial charge in [-0.3, -0.25) is 5.32 Å². The van der Waals surface area contributed by atoms with E-state index in [1.54, 1.807) is 0 Å². The Bertz CT molecular complexity index is 318. The molecule has 0 aromatic heterocycles. The van der Waals surface area contributed by atoms with Crippen LogP contribution in [0.15, 0.2) is 0 Å². The summed E-state index contributed by atoms with van der Waals surface area (Å²) in [6, 6.07) is 3.74. The van der Waals surface area contributed by atoms with Gasteiger partial charge in [0, 0.05) is 18.6 Å². The summed E-state index contributed by atoms with van der Waals surface area (Å²) >= 11 is 0. The molecule has 0 spiro atoms. The maximum atomic E-state index is 9.42. The first kappa shape index (κ1) is 13.8. The number of nitrogens with zero attached hydrogens (tertiary/aromatic N) is 2. The third kappa shape index (κ3) is 3.70. The van der Waals surface area contributed by atoms with Crippen LogP contribution in [-0.2, 0) is 0 Å². The van der Waals surface area contributed by atoms with E-state index in [4.69, 9.17) is 0 Å². The average molecular weight is 249 g/mol. The van der Waals surface area contributed by atoms with E-state index in [1.165, 1.54) is 38.5 Å². The van der Waals surface area contributed by atoms with Gasteiger partial charge in [0.1, 0.15) is 5.54 Å². The molecule has 0 aromatic carbocycles. The smallest absolute Gasteiger partial charge is 0.116 e. The molecule has 3 atom stereocenters. The van der Waals surface area contributed by atoms with Crippen LogP contribution in [0.5, 0.6) is 0 Å². The van der Waals surface area contributed by atoms with Crippen molar-refractivity contribution in [1.29, 1.82) is 5.26 Å². The molecule has 0 radical (unpaired) electrons. The fourth-order valence-electron chi connectivity index (χ4n) is 3.22. The second-order valence-corrected chi connectivity index (χ2v) is 6.70. The molecule has 2 fully saturated rings. The molecule has 2 aliphatic carbocycles. The van der Waals surface area contributed by atoms with Crippen molar-refractivity contribution in [2.75, 3.05) is 13.6 Å². The summed E-state index contributed by atoms with van der Waals surface area (Å²) in [5.41, 5.74) is -0.378. The summed E-state index contributed by atoms with van der Waals surface area (Å²) in [5, 5.41) is 12.9. The van der Waals surface area contributed by atoms with E-state index in [0.29, 0.717) is 12.1 Å². The van der Waals surface area contributed by atoms with Gasteiger partial charge < -0.3 is 4.90 Å². The minimum atomic E-state index is -0.378. The van der Waals surface area contributed by atoms with Crippen LogP contribution >= 0.6 is 0 Å². The van der Waals surface area contributed by atoms with Crippen molar-refractivity contribution in [1.82, 2.24) is 10.2 Å². The van der Waals surface area contributed by atoms with E-state index >= 15 is 0 Å². The van der Waals surface area contributed by atoms with Gasteiger partial charge in [0.05, 0.1) is 6.07 Å². The van der Waals surface area contributed by atoms with E-state index in [2.05, 4.69) is 30.3 Å². The minimum absolute atomic E-state index is 0.378. The summed E-state index contributed by atoms with van der Waals surface area (Å²) in [5.74, 6) is 0.843. The molecule has 102 valence electrons. The highest BCUT2D eigenvalue weighted by Crippen LogP contribution is 2.28. The Morgan fingerprint density at radius 3 is 2.61 bits per heavy atom. The molecule has 3 nitrogen and oxygen atoms in total. The molecule has 3 unspecified atom stereocenters. The molecule has 0 amide bonds. The lowest BCUT2D eigenvalue weighted by Gasteiger charge is -2.38. The van der Waals surface area contributed by atoms with Crippen LogP contribution < -0.4 is 5.32 Å². The topological polar surface area (TPSA) is 39.1 Å². The lowest BCUT2D eigenvalue weighted by Crippen LogP contribution is -2.53. The number of hydrogen-bond donors (Lipinski definition) is 1. The fraction of sp³-hybridized carbons (Fsp3) is 0.933. The quantitative estimate of drug-likeness (QED) is 0.814. The summed E-state index contributed by atoms with van der Waals surface area (Å²) in [7, 11) is 2.19. The third-order valence-corrected chi connectivity index (χ3v) is 4.44. The molecule has 0 heterocycles. The van der Waals surface area contributed by atoms with E-state index in [1.807, 2.05) is 6.92 Å². The van der Waals surface area contributed by atoms with Crippen LogP contribution in [0.25, 0.3) is 0 Å². The van der Waals surface area contributed by atoms with Crippen molar-refractivity contribution in [2.45, 2.75) is 70.0 Å². The number of likely N-dealkylation sites (N-methyl/N-ethyl adjacent to an activating group) is 1. The van der Waals surface area contributed by atoms with E-state index in [9.17, 15) is 5.26 Å². The highest BCUT2D eigenvalue weighted by Gasteiger charge is 2.35. The molecule has 2 aliphatic rings. The van der Waals surface area contributed by atoms with Crippen LogP contribution in [-0.4, -0.2) is 36.1 Å². The Labute approximate surface area is 112 Å². The minimum Gasteiger partial charge on any atom is -0.301 e. The van der Waals surface area contributed by atoms with Crippen molar-refractivity contribution >= 4 is 0 Å². The molecule has 2 rings (SSSR count). The lowest BCUT2D eigenvalue weighted by molar-refractivity contribution is 0.139. The van der Waals surface area contributed by atoms with Crippen LogP contribution in [0.4, 0.5) is 0 Å². The number of rotatable bonds is 5. The number of hydrogen-bond acceptors (Lipinski definition) is 3. The van der Waals surface area contributed by atoms with Crippen molar-refractivity contribution in [3.8, 4) is 6.07 Å². The van der Waals surface area contributed by atoms with Crippen molar-refractivity contribution in [3.63, 3.8) is 0 Å². The van der Waals surface area contributed by atoms with Gasteiger partial charge in [0.15, 0.2) is 0 Å². The first-order chi connectivity index (χ1) is 8.52. The lowest BCUT2D eigenvalue weighted by atomic mass is 9.86. The first-order valence-electron chi connectivity index (χ1n) is 7.41. The predicted octanol–water partition coefficient (Wildman–Crippen LogP) is 2.53. The zero-order valence-corrected chi connectivity index (χ0v) is 12.1. The zero-order chi connectivity index (χ0) is 13.2. The maximum absolute atomic E-state index is 9.42. The van der Waals surface area contributed by atoms with Crippen LogP contribution in [0.3, 0.4) is 0 Å². The molecular weight excluding hydrogens is 222 g/mol. The Kier molecular flexibility index (Phi) is 4.29. The van der Waals surface area contributed by atoms with E-state index < -0.39 is 0 Å². The highest BCUT2D eigenvalue weighted by molar-refractivity contribution is 5.09. The van der Waals surface area contributed by atoms with Gasteiger partial charge in [-0.15, -0.1) is 0 Å². The molecule has 2 saturated carbocycles. The van der Waals surface area contributed by atoms with Crippen LogP contribution in [0.2, 0.25) is 0 Å². The molecule has 1 N–H and O–H groups in total. The molecular formula is C15H27N3. The Morgan fingerprint density at radius 1 is 1.33 bits per heavy atom. The Hall–Kier alpha value is -0.590. The monoisotopic (exact) mass is 249 g/mol. The van der Waals surface area contributed by atoms with Crippen molar-refractivity contribution < 1.29 is 0 Å².